The van der Waals surface area contributed by atoms with E-state index in [1.807, 2.05) is 6.92 Å². The van der Waals surface area contributed by atoms with E-state index in [0.717, 1.165) is 12.8 Å². The van der Waals surface area contributed by atoms with Gasteiger partial charge >= 0.3 is 10.2 Å². The zero-order chi connectivity index (χ0) is 17.0. The van der Waals surface area contributed by atoms with Crippen LogP contribution in [0, 0.1) is 0 Å². The van der Waals surface area contributed by atoms with Crippen molar-refractivity contribution in [3.05, 3.63) is 24.3 Å². The zero-order valence-electron chi connectivity index (χ0n) is 13.7. The van der Waals surface area contributed by atoms with Crippen LogP contribution in [0.3, 0.4) is 0 Å². The molecule has 1 heterocycles. The number of para-hydroxylation sites is 2. The lowest BCUT2D eigenvalue weighted by Crippen LogP contribution is -2.53. The number of carbonyl (C=O) groups excluding carboxylic acids is 1. The first-order valence-electron chi connectivity index (χ1n) is 7.63. The van der Waals surface area contributed by atoms with Crippen LogP contribution in [0.25, 0.3) is 0 Å². The number of benzene rings is 1. The second kappa shape index (κ2) is 7.18. The van der Waals surface area contributed by atoms with Crippen LogP contribution in [0.2, 0.25) is 0 Å². The molecule has 7 nitrogen and oxygen atoms in total. The van der Waals surface area contributed by atoms with Gasteiger partial charge in [0.2, 0.25) is 0 Å². The smallest absolute Gasteiger partial charge is 0.304 e. The van der Waals surface area contributed by atoms with Gasteiger partial charge in [0.15, 0.2) is 6.10 Å². The first kappa shape index (κ1) is 17.6. The molecule has 1 aliphatic rings. The third-order valence-electron chi connectivity index (χ3n) is 3.77. The first-order chi connectivity index (χ1) is 10.9. The summed E-state index contributed by atoms with van der Waals surface area (Å²) in [5.74, 6) is 0.0377. The van der Waals surface area contributed by atoms with E-state index >= 15 is 0 Å². The number of rotatable bonds is 6. The number of fused-ring (bicyclic) bond motifs is 1. The maximum atomic E-state index is 12.9. The molecule has 1 N–H and O–H groups in total. The number of nitrogens with zero attached hydrogens (tertiary/aromatic N) is 2. The molecule has 2 rings (SSSR count). The molecule has 0 saturated heterocycles. The number of anilines is 1. The average molecular weight is 341 g/mol. The lowest BCUT2D eigenvalue weighted by atomic mass is 10.2. The van der Waals surface area contributed by atoms with E-state index in [0.29, 0.717) is 18.0 Å². The first-order valence-corrected chi connectivity index (χ1v) is 9.02. The van der Waals surface area contributed by atoms with Gasteiger partial charge in [0.25, 0.3) is 5.91 Å². The highest BCUT2D eigenvalue weighted by Gasteiger charge is 2.37. The molecule has 1 amide bonds. The molecule has 0 aliphatic carbocycles. The van der Waals surface area contributed by atoms with Crippen molar-refractivity contribution < 1.29 is 17.9 Å². The van der Waals surface area contributed by atoms with E-state index in [1.54, 1.807) is 31.3 Å². The molecule has 8 heteroatoms. The van der Waals surface area contributed by atoms with Crippen LogP contribution in [0.15, 0.2) is 24.3 Å². The largest absolute Gasteiger partial charge is 0.476 e. The Morgan fingerprint density at radius 3 is 2.78 bits per heavy atom. The minimum Gasteiger partial charge on any atom is -0.476 e. The van der Waals surface area contributed by atoms with Crippen LogP contribution in [0.4, 0.5) is 5.69 Å². The van der Waals surface area contributed by atoms with Crippen molar-refractivity contribution in [1.29, 1.82) is 0 Å². The third-order valence-corrected chi connectivity index (χ3v) is 5.65. The molecule has 1 aromatic rings. The Labute approximate surface area is 137 Å². The van der Waals surface area contributed by atoms with Crippen molar-refractivity contribution in [1.82, 2.24) is 9.62 Å². The summed E-state index contributed by atoms with van der Waals surface area (Å²) in [6, 6.07) is 6.84. The van der Waals surface area contributed by atoms with Crippen LogP contribution >= 0.6 is 0 Å². The van der Waals surface area contributed by atoms with Gasteiger partial charge in [-0.05, 0) is 18.6 Å². The Hall–Kier alpha value is -1.80. The molecule has 0 saturated carbocycles. The molecule has 128 valence electrons. The Kier molecular flexibility index (Phi) is 5.48. The Bertz CT molecular complexity index is 662. The molecule has 0 unspecified atom stereocenters. The molecule has 0 radical (unpaired) electrons. The highest BCUT2D eigenvalue weighted by atomic mass is 32.2. The SMILES string of the molecule is CCCCN(C)S(=O)(=O)N1C[C@@H](C(=O)NC)Oc2ccccc21. The second-order valence-corrected chi connectivity index (χ2v) is 7.36. The molecule has 0 fully saturated rings. The topological polar surface area (TPSA) is 79.0 Å². The summed E-state index contributed by atoms with van der Waals surface area (Å²) < 4.78 is 34.0. The fourth-order valence-corrected chi connectivity index (χ4v) is 3.80. The summed E-state index contributed by atoms with van der Waals surface area (Å²) in [5.41, 5.74) is 0.455. The van der Waals surface area contributed by atoms with Gasteiger partial charge in [-0.15, -0.1) is 0 Å². The molecule has 1 atom stereocenters. The minimum absolute atomic E-state index is 0.0461. The fraction of sp³-hybridized carbons (Fsp3) is 0.533. The number of hydrogen-bond acceptors (Lipinski definition) is 4. The van der Waals surface area contributed by atoms with Crippen LogP contribution in [-0.4, -0.2) is 51.9 Å². The van der Waals surface area contributed by atoms with Crippen LogP contribution in [0.1, 0.15) is 19.8 Å². The van der Waals surface area contributed by atoms with Crippen molar-refractivity contribution in [3.8, 4) is 5.75 Å². The Morgan fingerprint density at radius 2 is 2.13 bits per heavy atom. The normalized spacial score (nSPS) is 17.6. The number of unbranched alkanes of at least 4 members (excludes halogenated alkanes) is 1. The molecule has 1 aliphatic heterocycles. The lowest BCUT2D eigenvalue weighted by molar-refractivity contribution is -0.127. The van der Waals surface area contributed by atoms with Gasteiger partial charge in [0, 0.05) is 20.6 Å². The highest BCUT2D eigenvalue weighted by Crippen LogP contribution is 2.35. The standard InChI is InChI=1S/C15H23N3O4S/c1-4-5-10-17(3)23(20,21)18-11-14(15(19)16-2)22-13-9-7-6-8-12(13)18/h6-9,14H,4-5,10-11H2,1-3H3,(H,16,19)/t14-/m0/s1. The number of ether oxygens (including phenoxy) is 1. The Balaban J connectivity index is 2.37. The third kappa shape index (κ3) is 3.59. The van der Waals surface area contributed by atoms with E-state index in [1.165, 1.54) is 15.7 Å². The van der Waals surface area contributed by atoms with E-state index in [2.05, 4.69) is 5.32 Å². The maximum Gasteiger partial charge on any atom is 0.304 e. The summed E-state index contributed by atoms with van der Waals surface area (Å²) in [4.78, 5) is 11.9. The van der Waals surface area contributed by atoms with Gasteiger partial charge < -0.3 is 10.1 Å². The van der Waals surface area contributed by atoms with Gasteiger partial charge in [-0.3, -0.25) is 4.79 Å². The number of hydrogen-bond donors (Lipinski definition) is 1. The molecule has 0 aromatic heterocycles. The van der Waals surface area contributed by atoms with E-state index in [9.17, 15) is 13.2 Å². The van der Waals surface area contributed by atoms with Gasteiger partial charge in [0.1, 0.15) is 5.75 Å². The summed E-state index contributed by atoms with van der Waals surface area (Å²) in [5, 5.41) is 2.50. The van der Waals surface area contributed by atoms with Crippen LogP contribution < -0.4 is 14.4 Å². The molecular weight excluding hydrogens is 318 g/mol. The highest BCUT2D eigenvalue weighted by molar-refractivity contribution is 7.90. The van der Waals surface area contributed by atoms with Gasteiger partial charge in [0.05, 0.1) is 12.2 Å². The number of likely N-dealkylation sites (N-methyl/N-ethyl adjacent to an activating group) is 1. The van der Waals surface area contributed by atoms with Crippen molar-refractivity contribution in [2.24, 2.45) is 0 Å². The van der Waals surface area contributed by atoms with Crippen molar-refractivity contribution in [2.45, 2.75) is 25.9 Å². The predicted molar refractivity (Wildman–Crippen MR) is 88.7 cm³/mol. The quantitative estimate of drug-likeness (QED) is 0.836. The molecule has 0 bridgehead atoms. The Morgan fingerprint density at radius 1 is 1.43 bits per heavy atom. The molecule has 0 spiro atoms. The maximum absolute atomic E-state index is 12.9. The number of nitrogens with one attached hydrogen (secondary N) is 1. The van der Waals surface area contributed by atoms with Gasteiger partial charge in [-0.1, -0.05) is 25.5 Å². The summed E-state index contributed by atoms with van der Waals surface area (Å²) in [7, 11) is -0.664. The molecular formula is C15H23N3O4S. The minimum atomic E-state index is -3.72. The number of amides is 1. The van der Waals surface area contributed by atoms with E-state index in [-0.39, 0.29) is 12.5 Å². The zero-order valence-corrected chi connectivity index (χ0v) is 14.5. The van der Waals surface area contributed by atoms with Gasteiger partial charge in [-0.25, -0.2) is 4.31 Å². The van der Waals surface area contributed by atoms with E-state index < -0.39 is 16.3 Å². The van der Waals surface area contributed by atoms with Crippen LogP contribution in [-0.2, 0) is 15.0 Å². The number of carbonyl (C=O) groups is 1. The van der Waals surface area contributed by atoms with Crippen molar-refractivity contribution >= 4 is 21.8 Å². The summed E-state index contributed by atoms with van der Waals surface area (Å²) >= 11 is 0. The second-order valence-electron chi connectivity index (χ2n) is 5.40. The summed E-state index contributed by atoms with van der Waals surface area (Å²) in [6.07, 6.45) is 0.810. The van der Waals surface area contributed by atoms with Crippen LogP contribution in [0.5, 0.6) is 5.75 Å². The summed E-state index contributed by atoms with van der Waals surface area (Å²) in [6.45, 7) is 2.39. The molecule has 23 heavy (non-hydrogen) atoms. The average Bonchev–Trinajstić information content (AvgIpc) is 2.57. The van der Waals surface area contributed by atoms with Crippen molar-refractivity contribution in [3.63, 3.8) is 0 Å². The molecule has 1 aromatic carbocycles. The van der Waals surface area contributed by atoms with Crippen molar-refractivity contribution in [2.75, 3.05) is 31.5 Å². The fourth-order valence-electron chi connectivity index (χ4n) is 2.38. The monoisotopic (exact) mass is 341 g/mol. The lowest BCUT2D eigenvalue weighted by Gasteiger charge is -2.36. The predicted octanol–water partition coefficient (Wildman–Crippen LogP) is 0.977. The van der Waals surface area contributed by atoms with E-state index in [4.69, 9.17) is 4.74 Å². The van der Waals surface area contributed by atoms with Gasteiger partial charge in [-0.2, -0.15) is 12.7 Å².